The highest BCUT2D eigenvalue weighted by Crippen LogP contribution is 2.00. The fourth-order valence-corrected chi connectivity index (χ4v) is 0.965. The van der Waals surface area contributed by atoms with Crippen LogP contribution in [0.2, 0.25) is 0 Å². The van der Waals surface area contributed by atoms with Crippen LogP contribution in [0.1, 0.15) is 5.56 Å². The summed E-state index contributed by atoms with van der Waals surface area (Å²) in [5.41, 5.74) is 1.03. The fraction of sp³-hybridized carbons (Fsp3) is 0.222. The Morgan fingerprint density at radius 3 is 2.45 bits per heavy atom. The summed E-state index contributed by atoms with van der Waals surface area (Å²) in [6.45, 7) is 0. The second-order valence-corrected chi connectivity index (χ2v) is 2.60. The number of carbonyl (C=O) groups is 1. The summed E-state index contributed by atoms with van der Waals surface area (Å²) >= 11 is 5.35. The van der Waals surface area contributed by atoms with Gasteiger partial charge in [0.25, 0.3) is 0 Å². The van der Waals surface area contributed by atoms with Crippen molar-refractivity contribution in [3.05, 3.63) is 35.9 Å². The molecule has 0 saturated heterocycles. The number of alkyl halides is 1. The standard InChI is InChI=1S/C9H9ClO/c10-7-9(11)6-8-4-2-1-3-5-8/h1-5H,6-7H2. The van der Waals surface area contributed by atoms with Crippen LogP contribution in [0.4, 0.5) is 0 Å². The molecule has 1 aromatic carbocycles. The minimum atomic E-state index is 0.0675. The van der Waals surface area contributed by atoms with E-state index in [-0.39, 0.29) is 11.7 Å². The SMILES string of the molecule is O=C(CCl)Cc1ccccc1. The van der Waals surface area contributed by atoms with E-state index in [2.05, 4.69) is 0 Å². The molecule has 1 rings (SSSR count). The molecule has 0 fully saturated rings. The Hall–Kier alpha value is -0.820. The lowest BCUT2D eigenvalue weighted by molar-refractivity contribution is -0.116. The van der Waals surface area contributed by atoms with Gasteiger partial charge in [-0.25, -0.2) is 0 Å². The second-order valence-electron chi connectivity index (χ2n) is 2.33. The van der Waals surface area contributed by atoms with Gasteiger partial charge in [0.2, 0.25) is 0 Å². The molecule has 0 aromatic heterocycles. The first-order valence-corrected chi connectivity index (χ1v) is 3.98. The molecule has 1 nitrogen and oxygen atoms in total. The monoisotopic (exact) mass is 168 g/mol. The average molecular weight is 169 g/mol. The first-order chi connectivity index (χ1) is 5.33. The highest BCUT2D eigenvalue weighted by molar-refractivity contribution is 6.27. The van der Waals surface area contributed by atoms with Crippen LogP contribution < -0.4 is 0 Å². The van der Waals surface area contributed by atoms with Crippen LogP contribution in [0.3, 0.4) is 0 Å². The van der Waals surface area contributed by atoms with Crippen LogP contribution >= 0.6 is 11.6 Å². The van der Waals surface area contributed by atoms with Crippen LogP contribution in [0.25, 0.3) is 0 Å². The van der Waals surface area contributed by atoms with Gasteiger partial charge < -0.3 is 0 Å². The molecule has 0 radical (unpaired) electrons. The van der Waals surface area contributed by atoms with Crippen LogP contribution in [-0.2, 0) is 11.2 Å². The molecule has 0 N–H and O–H groups in total. The van der Waals surface area contributed by atoms with Gasteiger partial charge in [-0.3, -0.25) is 4.79 Å². The van der Waals surface area contributed by atoms with Gasteiger partial charge in [-0.15, -0.1) is 11.6 Å². The zero-order valence-corrected chi connectivity index (χ0v) is 6.84. The van der Waals surface area contributed by atoms with E-state index in [4.69, 9.17) is 11.6 Å². The van der Waals surface area contributed by atoms with E-state index >= 15 is 0 Å². The maximum absolute atomic E-state index is 10.8. The highest BCUT2D eigenvalue weighted by atomic mass is 35.5. The summed E-state index contributed by atoms with van der Waals surface area (Å²) in [5, 5.41) is 0. The highest BCUT2D eigenvalue weighted by Gasteiger charge is 1.99. The number of benzene rings is 1. The summed E-state index contributed by atoms with van der Waals surface area (Å²) in [4.78, 5) is 10.8. The van der Waals surface area contributed by atoms with Gasteiger partial charge in [-0.2, -0.15) is 0 Å². The van der Waals surface area contributed by atoms with E-state index in [1.165, 1.54) is 0 Å². The molecule has 2 heteroatoms. The molecule has 0 aliphatic carbocycles. The second kappa shape index (κ2) is 4.14. The zero-order chi connectivity index (χ0) is 8.10. The third-order valence-corrected chi connectivity index (χ3v) is 1.69. The van der Waals surface area contributed by atoms with Gasteiger partial charge in [0.05, 0.1) is 5.88 Å². The molecular formula is C9H9ClO. The number of halogens is 1. The summed E-state index contributed by atoms with van der Waals surface area (Å²) in [5.74, 6) is 0.174. The van der Waals surface area contributed by atoms with Crippen molar-refractivity contribution in [2.45, 2.75) is 6.42 Å². The number of rotatable bonds is 3. The molecule has 0 aliphatic heterocycles. The molecule has 0 heterocycles. The lowest BCUT2D eigenvalue weighted by atomic mass is 10.1. The normalized spacial score (nSPS) is 9.55. The lowest BCUT2D eigenvalue weighted by Crippen LogP contribution is -2.02. The number of hydrogen-bond donors (Lipinski definition) is 0. The largest absolute Gasteiger partial charge is 0.298 e. The molecule has 0 amide bonds. The predicted molar refractivity (Wildman–Crippen MR) is 45.9 cm³/mol. The van der Waals surface area contributed by atoms with E-state index in [0.717, 1.165) is 5.56 Å². The summed E-state index contributed by atoms with van der Waals surface area (Å²) < 4.78 is 0. The molecule has 0 saturated carbocycles. The lowest BCUT2D eigenvalue weighted by Gasteiger charge is -1.95. The third-order valence-electron chi connectivity index (χ3n) is 1.39. The Labute approximate surface area is 71.0 Å². The van der Waals surface area contributed by atoms with Crippen molar-refractivity contribution >= 4 is 17.4 Å². The molecular weight excluding hydrogens is 160 g/mol. The smallest absolute Gasteiger partial charge is 0.151 e. The minimum absolute atomic E-state index is 0.0675. The predicted octanol–water partition coefficient (Wildman–Crippen LogP) is 2.04. The van der Waals surface area contributed by atoms with Crippen molar-refractivity contribution in [3.63, 3.8) is 0 Å². The average Bonchev–Trinajstić information content (AvgIpc) is 2.06. The molecule has 11 heavy (non-hydrogen) atoms. The third kappa shape index (κ3) is 2.72. The van der Waals surface area contributed by atoms with Crippen molar-refractivity contribution in [2.24, 2.45) is 0 Å². The van der Waals surface area contributed by atoms with Crippen LogP contribution in [0.15, 0.2) is 30.3 Å². The zero-order valence-electron chi connectivity index (χ0n) is 6.09. The van der Waals surface area contributed by atoms with E-state index < -0.39 is 0 Å². The summed E-state index contributed by atoms with van der Waals surface area (Å²) in [7, 11) is 0. The Morgan fingerprint density at radius 2 is 1.91 bits per heavy atom. The first kappa shape index (κ1) is 8.28. The van der Waals surface area contributed by atoms with Gasteiger partial charge in [-0.05, 0) is 5.56 Å². The quantitative estimate of drug-likeness (QED) is 0.632. The van der Waals surface area contributed by atoms with Crippen LogP contribution in [0, 0.1) is 0 Å². The Balaban J connectivity index is 2.58. The number of ketones is 1. The molecule has 58 valence electrons. The van der Waals surface area contributed by atoms with E-state index in [9.17, 15) is 4.79 Å². The van der Waals surface area contributed by atoms with Gasteiger partial charge >= 0.3 is 0 Å². The van der Waals surface area contributed by atoms with Gasteiger partial charge in [0, 0.05) is 6.42 Å². The van der Waals surface area contributed by atoms with Gasteiger partial charge in [0.1, 0.15) is 0 Å². The molecule has 0 aliphatic rings. The van der Waals surface area contributed by atoms with E-state index in [0.29, 0.717) is 6.42 Å². The maximum atomic E-state index is 10.8. The van der Waals surface area contributed by atoms with Crippen LogP contribution in [0.5, 0.6) is 0 Å². The minimum Gasteiger partial charge on any atom is -0.298 e. The Bertz CT molecular complexity index is 231. The van der Waals surface area contributed by atoms with E-state index in [1.807, 2.05) is 30.3 Å². The number of Topliss-reactive ketones (excluding diaryl/α,β-unsaturated/α-hetero) is 1. The molecule has 0 spiro atoms. The Kier molecular flexibility index (Phi) is 3.12. The van der Waals surface area contributed by atoms with Gasteiger partial charge in [-0.1, -0.05) is 30.3 Å². The van der Waals surface area contributed by atoms with E-state index in [1.54, 1.807) is 0 Å². The van der Waals surface area contributed by atoms with Crippen molar-refractivity contribution in [2.75, 3.05) is 5.88 Å². The maximum Gasteiger partial charge on any atom is 0.151 e. The topological polar surface area (TPSA) is 17.1 Å². The molecule has 0 unspecified atom stereocenters. The number of carbonyl (C=O) groups excluding carboxylic acids is 1. The van der Waals surface area contributed by atoms with Crippen LogP contribution in [-0.4, -0.2) is 11.7 Å². The van der Waals surface area contributed by atoms with Crippen molar-refractivity contribution in [1.82, 2.24) is 0 Å². The number of hydrogen-bond acceptors (Lipinski definition) is 1. The van der Waals surface area contributed by atoms with Crippen molar-refractivity contribution < 1.29 is 4.79 Å². The van der Waals surface area contributed by atoms with Gasteiger partial charge in [0.15, 0.2) is 5.78 Å². The summed E-state index contributed by atoms with van der Waals surface area (Å²) in [6.07, 6.45) is 0.449. The Morgan fingerprint density at radius 1 is 1.27 bits per heavy atom. The molecule has 0 bridgehead atoms. The molecule has 0 atom stereocenters. The fourth-order valence-electron chi connectivity index (χ4n) is 0.871. The molecule has 1 aromatic rings. The van der Waals surface area contributed by atoms with Crippen molar-refractivity contribution in [1.29, 1.82) is 0 Å². The van der Waals surface area contributed by atoms with Crippen molar-refractivity contribution in [3.8, 4) is 0 Å². The first-order valence-electron chi connectivity index (χ1n) is 3.44. The summed E-state index contributed by atoms with van der Waals surface area (Å²) in [6, 6.07) is 9.59.